The number of amides is 1. The number of benzene rings is 2. The van der Waals surface area contributed by atoms with Crippen molar-refractivity contribution in [2.75, 3.05) is 5.32 Å². The van der Waals surface area contributed by atoms with Gasteiger partial charge in [0.15, 0.2) is 0 Å². The summed E-state index contributed by atoms with van der Waals surface area (Å²) in [6.07, 6.45) is -3.52. The number of anilines is 1. The number of alkyl halides is 3. The Morgan fingerprint density at radius 1 is 0.967 bits per heavy atom. The van der Waals surface area contributed by atoms with E-state index in [4.69, 9.17) is 0 Å². The molecule has 0 saturated carbocycles. The lowest BCUT2D eigenvalue weighted by atomic mass is 9.99. The average molecular weight is 436 g/mol. The summed E-state index contributed by atoms with van der Waals surface area (Å²) in [5.74, 6) is -3.26. The van der Waals surface area contributed by atoms with E-state index in [-0.39, 0.29) is 22.5 Å². The van der Waals surface area contributed by atoms with Crippen LogP contribution < -0.4 is 5.32 Å². The van der Waals surface area contributed by atoms with Crippen molar-refractivity contribution < 1.29 is 26.7 Å². The molecule has 0 fully saturated rings. The van der Waals surface area contributed by atoms with Gasteiger partial charge in [0.2, 0.25) is 0 Å². The molecule has 0 saturated heterocycles. The van der Waals surface area contributed by atoms with Gasteiger partial charge in [0.25, 0.3) is 5.91 Å². The zero-order chi connectivity index (χ0) is 21.5. The molecular weight excluding hydrogens is 427 g/mol. The number of nitrogens with zero attached hydrogens (tertiary/aromatic N) is 3. The largest absolute Gasteiger partial charge is 0.417 e. The van der Waals surface area contributed by atoms with E-state index in [1.807, 2.05) is 0 Å². The molecule has 0 aliphatic rings. The number of pyridine rings is 1. The summed E-state index contributed by atoms with van der Waals surface area (Å²) in [5, 5.41) is 2.22. The first kappa shape index (κ1) is 19.8. The Balaban J connectivity index is 1.67. The number of hydrogen-bond acceptors (Lipinski definition) is 5. The Hall–Kier alpha value is -3.47. The lowest BCUT2D eigenvalue weighted by Crippen LogP contribution is -2.16. The standard InChI is InChI=1S/C19H9F5N4OS/c20-12-2-1-3-13(21)17(12)18(29)26-16-5-4-9(8-25-16)10-6-14-15(28-30-27-14)7-11(10)19(22,23)24/h1-8H,(H,25,26,29). The molecule has 0 aliphatic heterocycles. The van der Waals surface area contributed by atoms with Gasteiger partial charge in [0.1, 0.15) is 34.0 Å². The van der Waals surface area contributed by atoms with Crippen LogP contribution in [0.2, 0.25) is 0 Å². The Morgan fingerprint density at radius 3 is 2.23 bits per heavy atom. The molecule has 4 aromatic rings. The van der Waals surface area contributed by atoms with Crippen molar-refractivity contribution in [1.82, 2.24) is 13.7 Å². The number of nitrogens with one attached hydrogen (secondary N) is 1. The quantitative estimate of drug-likeness (QED) is 0.443. The van der Waals surface area contributed by atoms with Crippen molar-refractivity contribution in [2.24, 2.45) is 0 Å². The topological polar surface area (TPSA) is 67.8 Å². The summed E-state index contributed by atoms with van der Waals surface area (Å²) in [5.41, 5.74) is -1.31. The molecular formula is C19H9F5N4OS. The van der Waals surface area contributed by atoms with Gasteiger partial charge in [-0.2, -0.15) is 21.9 Å². The van der Waals surface area contributed by atoms with Crippen LogP contribution in [-0.4, -0.2) is 19.6 Å². The highest BCUT2D eigenvalue weighted by molar-refractivity contribution is 7.00. The van der Waals surface area contributed by atoms with Crippen LogP contribution in [0.1, 0.15) is 15.9 Å². The number of halogens is 5. The number of aromatic nitrogens is 3. The molecule has 2 aromatic heterocycles. The Bertz CT molecular complexity index is 1230. The number of carbonyl (C=O) groups excluding carboxylic acids is 1. The molecule has 2 heterocycles. The monoisotopic (exact) mass is 436 g/mol. The summed E-state index contributed by atoms with van der Waals surface area (Å²) in [6.45, 7) is 0. The normalized spacial score (nSPS) is 11.6. The first-order chi connectivity index (χ1) is 14.2. The van der Waals surface area contributed by atoms with Crippen LogP contribution in [0, 0.1) is 11.6 Å². The van der Waals surface area contributed by atoms with Crippen molar-refractivity contribution >= 4 is 34.5 Å². The Morgan fingerprint density at radius 2 is 1.63 bits per heavy atom. The van der Waals surface area contributed by atoms with Crippen molar-refractivity contribution in [2.45, 2.75) is 6.18 Å². The van der Waals surface area contributed by atoms with E-state index in [2.05, 4.69) is 19.0 Å². The highest BCUT2D eigenvalue weighted by Gasteiger charge is 2.34. The zero-order valence-corrected chi connectivity index (χ0v) is 15.5. The number of carbonyl (C=O) groups is 1. The number of hydrogen-bond donors (Lipinski definition) is 1. The summed E-state index contributed by atoms with van der Waals surface area (Å²) in [7, 11) is 0. The SMILES string of the molecule is O=C(Nc1ccc(-c2cc3nsnc3cc2C(F)(F)F)cn1)c1c(F)cccc1F. The predicted molar refractivity (Wildman–Crippen MR) is 100.0 cm³/mol. The molecule has 152 valence electrons. The summed E-state index contributed by atoms with van der Waals surface area (Å²) < 4.78 is 75.7. The maximum atomic E-state index is 13.7. The fourth-order valence-electron chi connectivity index (χ4n) is 2.83. The van der Waals surface area contributed by atoms with Gasteiger partial charge in [-0.15, -0.1) is 0 Å². The van der Waals surface area contributed by atoms with Crippen LogP contribution >= 0.6 is 11.7 Å². The number of rotatable bonds is 3. The Kier molecular flexibility index (Phi) is 4.90. The minimum absolute atomic E-state index is 0.0867. The van der Waals surface area contributed by atoms with Crippen molar-refractivity contribution in [3.63, 3.8) is 0 Å². The molecule has 11 heteroatoms. The first-order valence-electron chi connectivity index (χ1n) is 8.29. The molecule has 1 N–H and O–H groups in total. The van der Waals surface area contributed by atoms with Gasteiger partial charge in [-0.3, -0.25) is 4.79 Å². The average Bonchev–Trinajstić information content (AvgIpc) is 3.14. The van der Waals surface area contributed by atoms with Crippen LogP contribution in [-0.2, 0) is 6.18 Å². The fourth-order valence-corrected chi connectivity index (χ4v) is 3.33. The van der Waals surface area contributed by atoms with E-state index in [1.54, 1.807) is 0 Å². The minimum atomic E-state index is -4.64. The van der Waals surface area contributed by atoms with Gasteiger partial charge in [-0.25, -0.2) is 13.8 Å². The third kappa shape index (κ3) is 3.71. The summed E-state index contributed by atoms with van der Waals surface area (Å²) in [4.78, 5) is 16.0. The van der Waals surface area contributed by atoms with Crippen molar-refractivity contribution in [3.05, 3.63) is 71.4 Å². The van der Waals surface area contributed by atoms with Gasteiger partial charge < -0.3 is 5.32 Å². The maximum absolute atomic E-state index is 13.7. The maximum Gasteiger partial charge on any atom is 0.417 e. The van der Waals surface area contributed by atoms with Crippen LogP contribution in [0.4, 0.5) is 27.8 Å². The van der Waals surface area contributed by atoms with E-state index in [1.165, 1.54) is 18.2 Å². The minimum Gasteiger partial charge on any atom is -0.306 e. The van der Waals surface area contributed by atoms with Crippen LogP contribution in [0.25, 0.3) is 22.2 Å². The molecule has 0 spiro atoms. The Labute approximate surface area is 169 Å². The highest BCUT2D eigenvalue weighted by Crippen LogP contribution is 2.39. The van der Waals surface area contributed by atoms with Gasteiger partial charge in [-0.1, -0.05) is 6.07 Å². The van der Waals surface area contributed by atoms with Gasteiger partial charge in [-0.05, 0) is 42.0 Å². The fraction of sp³-hybridized carbons (Fsp3) is 0.0526. The van der Waals surface area contributed by atoms with E-state index >= 15 is 0 Å². The molecule has 0 atom stereocenters. The van der Waals surface area contributed by atoms with E-state index in [0.29, 0.717) is 5.52 Å². The molecule has 2 aromatic carbocycles. The van der Waals surface area contributed by atoms with Crippen LogP contribution in [0.3, 0.4) is 0 Å². The lowest BCUT2D eigenvalue weighted by Gasteiger charge is -2.13. The van der Waals surface area contributed by atoms with Crippen molar-refractivity contribution in [3.8, 4) is 11.1 Å². The van der Waals surface area contributed by atoms with Crippen LogP contribution in [0.15, 0.2) is 48.7 Å². The molecule has 5 nitrogen and oxygen atoms in total. The third-order valence-electron chi connectivity index (χ3n) is 4.20. The molecule has 0 aliphatic carbocycles. The molecule has 30 heavy (non-hydrogen) atoms. The van der Waals surface area contributed by atoms with E-state index in [0.717, 1.165) is 42.2 Å². The van der Waals surface area contributed by atoms with Gasteiger partial charge in [0, 0.05) is 11.8 Å². The molecule has 0 bridgehead atoms. The second-order valence-electron chi connectivity index (χ2n) is 6.13. The lowest BCUT2D eigenvalue weighted by molar-refractivity contribution is -0.137. The molecule has 1 amide bonds. The van der Waals surface area contributed by atoms with E-state index in [9.17, 15) is 26.7 Å². The number of fused-ring (bicyclic) bond motifs is 1. The molecule has 0 radical (unpaired) electrons. The smallest absolute Gasteiger partial charge is 0.306 e. The summed E-state index contributed by atoms with van der Waals surface area (Å²) in [6, 6.07) is 7.66. The van der Waals surface area contributed by atoms with E-state index < -0.39 is 34.8 Å². The van der Waals surface area contributed by atoms with Crippen LogP contribution in [0.5, 0.6) is 0 Å². The first-order valence-corrected chi connectivity index (χ1v) is 9.02. The highest BCUT2D eigenvalue weighted by atomic mass is 32.1. The second kappa shape index (κ2) is 7.41. The van der Waals surface area contributed by atoms with Gasteiger partial charge in [0.05, 0.1) is 17.3 Å². The second-order valence-corrected chi connectivity index (χ2v) is 6.66. The third-order valence-corrected chi connectivity index (χ3v) is 4.76. The summed E-state index contributed by atoms with van der Waals surface area (Å²) >= 11 is 0.794. The molecule has 0 unspecified atom stereocenters. The zero-order valence-electron chi connectivity index (χ0n) is 14.7. The van der Waals surface area contributed by atoms with Gasteiger partial charge >= 0.3 is 6.18 Å². The van der Waals surface area contributed by atoms with Crippen molar-refractivity contribution in [1.29, 1.82) is 0 Å². The molecule has 4 rings (SSSR count). The predicted octanol–water partition coefficient (Wildman–Crippen LogP) is 5.30.